The van der Waals surface area contributed by atoms with Crippen LogP contribution in [0.3, 0.4) is 0 Å². The summed E-state index contributed by atoms with van der Waals surface area (Å²) in [6, 6.07) is 1.36. The first-order valence-corrected chi connectivity index (χ1v) is 3.76. The third-order valence-corrected chi connectivity index (χ3v) is 1.74. The van der Waals surface area contributed by atoms with Crippen LogP contribution in [0.1, 0.15) is 23.2 Å². The van der Waals surface area contributed by atoms with E-state index in [2.05, 4.69) is 4.98 Å². The highest BCUT2D eigenvalue weighted by atomic mass is 19.3. The Bertz CT molecular complexity index is 269. The van der Waals surface area contributed by atoms with E-state index in [-0.39, 0.29) is 23.4 Å². The number of hydrogen-bond acceptors (Lipinski definition) is 3. The van der Waals surface area contributed by atoms with E-state index in [4.69, 9.17) is 10.8 Å². The Labute approximate surface area is 74.2 Å². The molecule has 3 N–H and O–H groups in total. The van der Waals surface area contributed by atoms with Gasteiger partial charge in [0.1, 0.15) is 0 Å². The van der Waals surface area contributed by atoms with Crippen molar-refractivity contribution in [1.29, 1.82) is 0 Å². The van der Waals surface area contributed by atoms with Gasteiger partial charge in [-0.1, -0.05) is 0 Å². The summed E-state index contributed by atoms with van der Waals surface area (Å²) in [6.45, 7) is -0.470. The molecule has 0 saturated carbocycles. The summed E-state index contributed by atoms with van der Waals surface area (Å²) in [5.41, 5.74) is 5.32. The van der Waals surface area contributed by atoms with Crippen molar-refractivity contribution in [1.82, 2.24) is 4.98 Å². The van der Waals surface area contributed by atoms with E-state index in [1.165, 1.54) is 12.3 Å². The lowest BCUT2D eigenvalue weighted by Crippen LogP contribution is -2.08. The van der Waals surface area contributed by atoms with Crippen LogP contribution in [0.15, 0.2) is 12.3 Å². The zero-order chi connectivity index (χ0) is 9.84. The zero-order valence-electron chi connectivity index (χ0n) is 6.87. The fraction of sp³-hybridized carbons (Fsp3) is 0.375. The van der Waals surface area contributed by atoms with Crippen LogP contribution < -0.4 is 5.73 Å². The number of pyridine rings is 1. The molecule has 0 unspecified atom stereocenters. The number of rotatable bonds is 3. The largest absolute Gasteiger partial charge is 0.392 e. The van der Waals surface area contributed by atoms with Crippen molar-refractivity contribution < 1.29 is 13.9 Å². The molecule has 1 aromatic heterocycles. The molecular weight excluding hydrogens is 178 g/mol. The second-order valence-electron chi connectivity index (χ2n) is 2.49. The number of hydrogen-bond donors (Lipinski definition) is 2. The lowest BCUT2D eigenvalue weighted by molar-refractivity contribution is 0.145. The Morgan fingerprint density at radius 1 is 1.54 bits per heavy atom. The summed E-state index contributed by atoms with van der Waals surface area (Å²) in [5, 5.41) is 8.79. The van der Waals surface area contributed by atoms with Crippen molar-refractivity contribution in [2.45, 2.75) is 19.6 Å². The first-order valence-electron chi connectivity index (χ1n) is 3.76. The molecule has 1 rings (SSSR count). The third-order valence-electron chi connectivity index (χ3n) is 1.74. The summed E-state index contributed by atoms with van der Waals surface area (Å²) >= 11 is 0. The highest BCUT2D eigenvalue weighted by Crippen LogP contribution is 2.25. The molecule has 1 aromatic rings. The van der Waals surface area contributed by atoms with E-state index in [1.54, 1.807) is 0 Å². The summed E-state index contributed by atoms with van der Waals surface area (Å²) < 4.78 is 24.9. The molecule has 0 aliphatic carbocycles. The average molecular weight is 188 g/mol. The number of nitrogens with two attached hydrogens (primary N) is 1. The van der Waals surface area contributed by atoms with Crippen molar-refractivity contribution >= 4 is 0 Å². The maximum absolute atomic E-state index is 12.5. The molecule has 5 heteroatoms. The molecule has 0 radical (unpaired) electrons. The molecule has 1 heterocycles. The maximum Gasteiger partial charge on any atom is 0.266 e. The monoisotopic (exact) mass is 188 g/mol. The van der Waals surface area contributed by atoms with Gasteiger partial charge in [0.25, 0.3) is 6.43 Å². The van der Waals surface area contributed by atoms with Gasteiger partial charge in [-0.2, -0.15) is 0 Å². The highest BCUT2D eigenvalue weighted by molar-refractivity contribution is 5.30. The first kappa shape index (κ1) is 10.0. The number of alkyl halides is 2. The quantitative estimate of drug-likeness (QED) is 0.743. The molecule has 0 atom stereocenters. The average Bonchev–Trinajstić information content (AvgIpc) is 2.16. The van der Waals surface area contributed by atoms with Gasteiger partial charge in [0.15, 0.2) is 0 Å². The predicted molar refractivity (Wildman–Crippen MR) is 43.0 cm³/mol. The summed E-state index contributed by atoms with van der Waals surface area (Å²) in [5.74, 6) is 0. The molecule has 0 bridgehead atoms. The van der Waals surface area contributed by atoms with Crippen molar-refractivity contribution in [3.63, 3.8) is 0 Å². The standard InChI is InChI=1S/C8H10F2N2O/c9-8(10)7-5(4-13)1-2-12-6(7)3-11/h1-2,8,13H,3-4,11H2. The number of aliphatic hydroxyl groups is 1. The van der Waals surface area contributed by atoms with Gasteiger partial charge in [0.2, 0.25) is 0 Å². The first-order chi connectivity index (χ1) is 6.20. The summed E-state index contributed by atoms with van der Waals surface area (Å²) in [7, 11) is 0. The molecule has 0 amide bonds. The molecule has 13 heavy (non-hydrogen) atoms. The molecule has 0 aliphatic heterocycles. The van der Waals surface area contributed by atoms with Crippen LogP contribution in [0.2, 0.25) is 0 Å². The van der Waals surface area contributed by atoms with Crippen LogP contribution in [-0.2, 0) is 13.2 Å². The second kappa shape index (κ2) is 4.25. The van der Waals surface area contributed by atoms with Crippen LogP contribution in [0.5, 0.6) is 0 Å². The predicted octanol–water partition coefficient (Wildman–Crippen LogP) is 0.970. The Hall–Kier alpha value is -1.07. The van der Waals surface area contributed by atoms with Crippen molar-refractivity contribution in [2.75, 3.05) is 0 Å². The van der Waals surface area contributed by atoms with Gasteiger partial charge in [-0.3, -0.25) is 4.98 Å². The van der Waals surface area contributed by atoms with E-state index in [0.29, 0.717) is 0 Å². The maximum atomic E-state index is 12.5. The molecule has 0 spiro atoms. The van der Waals surface area contributed by atoms with Crippen LogP contribution in [0.4, 0.5) is 8.78 Å². The number of nitrogens with zero attached hydrogens (tertiary/aromatic N) is 1. The normalized spacial score (nSPS) is 10.8. The molecule has 0 aliphatic rings. The van der Waals surface area contributed by atoms with Gasteiger partial charge in [-0.05, 0) is 11.6 Å². The topological polar surface area (TPSA) is 59.1 Å². The zero-order valence-corrected chi connectivity index (χ0v) is 6.87. The lowest BCUT2D eigenvalue weighted by Gasteiger charge is -2.09. The fourth-order valence-corrected chi connectivity index (χ4v) is 1.13. The third kappa shape index (κ3) is 1.99. The SMILES string of the molecule is NCc1nccc(CO)c1C(F)F. The molecule has 0 aromatic carbocycles. The highest BCUT2D eigenvalue weighted by Gasteiger charge is 2.17. The minimum absolute atomic E-state index is 0.0481. The van der Waals surface area contributed by atoms with Crippen LogP contribution >= 0.6 is 0 Å². The van der Waals surface area contributed by atoms with Crippen molar-refractivity contribution in [3.05, 3.63) is 29.1 Å². The number of aromatic nitrogens is 1. The van der Waals surface area contributed by atoms with Crippen LogP contribution in [-0.4, -0.2) is 10.1 Å². The molecular formula is C8H10F2N2O. The summed E-state index contributed by atoms with van der Waals surface area (Å²) in [4.78, 5) is 3.71. The van der Waals surface area contributed by atoms with Crippen LogP contribution in [0.25, 0.3) is 0 Å². The number of aliphatic hydroxyl groups excluding tert-OH is 1. The van der Waals surface area contributed by atoms with Gasteiger partial charge in [0.05, 0.1) is 12.3 Å². The van der Waals surface area contributed by atoms with E-state index in [0.717, 1.165) is 0 Å². The fourth-order valence-electron chi connectivity index (χ4n) is 1.13. The van der Waals surface area contributed by atoms with Gasteiger partial charge in [-0.15, -0.1) is 0 Å². The minimum atomic E-state index is -2.64. The van der Waals surface area contributed by atoms with Gasteiger partial charge >= 0.3 is 0 Å². The summed E-state index contributed by atoms with van der Waals surface area (Å²) in [6.07, 6.45) is -1.28. The Morgan fingerprint density at radius 2 is 2.23 bits per heavy atom. The molecule has 0 saturated heterocycles. The Morgan fingerprint density at radius 3 is 2.69 bits per heavy atom. The molecule has 0 fully saturated rings. The smallest absolute Gasteiger partial charge is 0.266 e. The van der Waals surface area contributed by atoms with Gasteiger partial charge < -0.3 is 10.8 Å². The number of halogens is 2. The van der Waals surface area contributed by atoms with E-state index in [1.807, 2.05) is 0 Å². The van der Waals surface area contributed by atoms with E-state index in [9.17, 15) is 8.78 Å². The van der Waals surface area contributed by atoms with Crippen LogP contribution in [0, 0.1) is 0 Å². The van der Waals surface area contributed by atoms with E-state index < -0.39 is 13.0 Å². The molecule has 72 valence electrons. The van der Waals surface area contributed by atoms with E-state index >= 15 is 0 Å². The molecule has 3 nitrogen and oxygen atoms in total. The van der Waals surface area contributed by atoms with Crippen molar-refractivity contribution in [3.8, 4) is 0 Å². The Kier molecular flexibility index (Phi) is 3.27. The van der Waals surface area contributed by atoms with Gasteiger partial charge in [0, 0.05) is 18.3 Å². The van der Waals surface area contributed by atoms with Crippen molar-refractivity contribution in [2.24, 2.45) is 5.73 Å². The minimum Gasteiger partial charge on any atom is -0.392 e. The lowest BCUT2D eigenvalue weighted by atomic mass is 10.1. The second-order valence-corrected chi connectivity index (χ2v) is 2.49. The van der Waals surface area contributed by atoms with Gasteiger partial charge in [-0.25, -0.2) is 8.78 Å². The Balaban J connectivity index is 3.21.